The Balaban J connectivity index is 1.93. The van der Waals surface area contributed by atoms with Gasteiger partial charge in [0.15, 0.2) is 0 Å². The van der Waals surface area contributed by atoms with Crippen molar-refractivity contribution >= 4 is 28.3 Å². The van der Waals surface area contributed by atoms with E-state index in [-0.39, 0.29) is 30.3 Å². The molecule has 29 heavy (non-hydrogen) atoms. The Bertz CT molecular complexity index is 1070. The lowest BCUT2D eigenvalue weighted by Gasteiger charge is -2.19. The number of hydrogen-bond donors (Lipinski definition) is 1. The van der Waals surface area contributed by atoms with Crippen molar-refractivity contribution in [2.45, 2.75) is 26.8 Å². The van der Waals surface area contributed by atoms with E-state index < -0.39 is 0 Å². The van der Waals surface area contributed by atoms with Crippen molar-refractivity contribution in [2.24, 2.45) is 0 Å². The van der Waals surface area contributed by atoms with Crippen LogP contribution in [0.5, 0.6) is 0 Å². The third-order valence-electron chi connectivity index (χ3n) is 4.73. The maximum Gasteiger partial charge on any atom is 0.275 e. The highest BCUT2D eigenvalue weighted by Crippen LogP contribution is 2.15. The molecular weight excluding hydrogens is 368 g/mol. The average Bonchev–Trinajstić information content (AvgIpc) is 2.73. The number of para-hydroxylation sites is 1. The third kappa shape index (κ3) is 4.68. The highest BCUT2D eigenvalue weighted by molar-refractivity contribution is 5.91. The second-order valence-electron chi connectivity index (χ2n) is 6.61. The first-order chi connectivity index (χ1) is 14.0. The summed E-state index contributed by atoms with van der Waals surface area (Å²) in [6.07, 6.45) is 0.0722. The Hall–Kier alpha value is -3.48. The fraction of sp³-hybridized carbons (Fsp3) is 0.273. The van der Waals surface area contributed by atoms with Gasteiger partial charge in [-0.1, -0.05) is 36.4 Å². The van der Waals surface area contributed by atoms with E-state index in [1.54, 1.807) is 41.3 Å². The predicted octanol–water partition coefficient (Wildman–Crippen LogP) is 2.45. The maximum absolute atomic E-state index is 12.8. The number of fused-ring (bicyclic) bond motifs is 1. The lowest BCUT2D eigenvalue weighted by atomic mass is 10.1. The Morgan fingerprint density at radius 1 is 0.966 bits per heavy atom. The highest BCUT2D eigenvalue weighted by atomic mass is 16.2. The van der Waals surface area contributed by atoms with E-state index in [0.717, 1.165) is 4.68 Å². The summed E-state index contributed by atoms with van der Waals surface area (Å²) >= 11 is 0. The molecule has 0 bridgehead atoms. The first-order valence-electron chi connectivity index (χ1n) is 9.64. The summed E-state index contributed by atoms with van der Waals surface area (Å²) in [5, 5.41) is 8.20. The number of hydrogen-bond acceptors (Lipinski definition) is 4. The van der Waals surface area contributed by atoms with Crippen LogP contribution in [0.4, 0.5) is 5.69 Å². The van der Waals surface area contributed by atoms with Gasteiger partial charge in [-0.25, -0.2) is 4.68 Å². The quantitative estimate of drug-likeness (QED) is 0.669. The van der Waals surface area contributed by atoms with E-state index >= 15 is 0 Å². The molecule has 0 spiro atoms. The molecule has 3 rings (SSSR count). The zero-order valence-corrected chi connectivity index (χ0v) is 16.6. The van der Waals surface area contributed by atoms with Gasteiger partial charge in [-0.15, -0.1) is 0 Å². The number of amides is 2. The molecule has 2 aromatic carbocycles. The fourth-order valence-electron chi connectivity index (χ4n) is 3.23. The minimum absolute atomic E-state index is 0.0633. The second kappa shape index (κ2) is 9.14. The number of benzene rings is 2. The molecule has 0 fully saturated rings. The summed E-state index contributed by atoms with van der Waals surface area (Å²) in [5.74, 6) is -0.423. The van der Waals surface area contributed by atoms with Gasteiger partial charge in [0, 0.05) is 24.2 Å². The van der Waals surface area contributed by atoms with E-state index in [9.17, 15) is 14.4 Å². The number of likely N-dealkylation sites (N-methyl/N-ethyl adjacent to an activating group) is 1. The molecule has 150 valence electrons. The minimum Gasteiger partial charge on any atom is -0.343 e. The zero-order chi connectivity index (χ0) is 20.8. The van der Waals surface area contributed by atoms with Gasteiger partial charge in [0.25, 0.3) is 5.56 Å². The molecule has 1 heterocycles. The van der Waals surface area contributed by atoms with Gasteiger partial charge >= 0.3 is 0 Å². The Morgan fingerprint density at radius 2 is 1.59 bits per heavy atom. The molecule has 0 radical (unpaired) electrons. The number of anilines is 1. The minimum atomic E-state index is -0.359. The van der Waals surface area contributed by atoms with Gasteiger partial charge in [-0.3, -0.25) is 14.4 Å². The van der Waals surface area contributed by atoms with Gasteiger partial charge in [0.1, 0.15) is 6.54 Å². The summed E-state index contributed by atoms with van der Waals surface area (Å²) < 4.78 is 1.13. The highest BCUT2D eigenvalue weighted by Gasteiger charge is 2.17. The number of rotatable bonds is 7. The molecule has 0 saturated heterocycles. The monoisotopic (exact) mass is 392 g/mol. The van der Waals surface area contributed by atoms with Gasteiger partial charge in [0.05, 0.1) is 17.5 Å². The molecule has 0 unspecified atom stereocenters. The molecule has 0 aliphatic rings. The molecule has 1 aromatic heterocycles. The van der Waals surface area contributed by atoms with Gasteiger partial charge < -0.3 is 10.2 Å². The number of nitrogens with zero attached hydrogens (tertiary/aromatic N) is 3. The van der Waals surface area contributed by atoms with E-state index in [2.05, 4.69) is 10.4 Å². The van der Waals surface area contributed by atoms with E-state index in [1.165, 1.54) is 0 Å². The molecule has 0 saturated carbocycles. The lowest BCUT2D eigenvalue weighted by Crippen LogP contribution is -2.34. The number of carbonyl (C=O) groups excluding carboxylic acids is 2. The first kappa shape index (κ1) is 20.3. The predicted molar refractivity (Wildman–Crippen MR) is 113 cm³/mol. The van der Waals surface area contributed by atoms with Crippen LogP contribution < -0.4 is 10.9 Å². The van der Waals surface area contributed by atoms with E-state index in [1.807, 2.05) is 32.0 Å². The van der Waals surface area contributed by atoms with E-state index in [4.69, 9.17) is 0 Å². The molecule has 7 nitrogen and oxygen atoms in total. The molecule has 0 aliphatic heterocycles. The van der Waals surface area contributed by atoms with Crippen LogP contribution >= 0.6 is 0 Å². The Morgan fingerprint density at radius 3 is 2.24 bits per heavy atom. The van der Waals surface area contributed by atoms with Crippen molar-refractivity contribution in [2.75, 3.05) is 18.4 Å². The van der Waals surface area contributed by atoms with Gasteiger partial charge in [0.2, 0.25) is 11.8 Å². The summed E-state index contributed by atoms with van der Waals surface area (Å²) in [7, 11) is 0. The third-order valence-corrected chi connectivity index (χ3v) is 4.73. The van der Waals surface area contributed by atoms with Crippen LogP contribution in [0.15, 0.2) is 59.4 Å². The smallest absolute Gasteiger partial charge is 0.275 e. The van der Waals surface area contributed by atoms with Crippen LogP contribution in [0.3, 0.4) is 0 Å². The molecule has 1 N–H and O–H groups in total. The van der Waals surface area contributed by atoms with E-state index in [0.29, 0.717) is 35.2 Å². The summed E-state index contributed by atoms with van der Waals surface area (Å²) in [6, 6.07) is 16.0. The largest absolute Gasteiger partial charge is 0.343 e. The number of carbonyl (C=O) groups is 2. The van der Waals surface area contributed by atoms with Crippen molar-refractivity contribution in [1.29, 1.82) is 0 Å². The maximum atomic E-state index is 12.8. The molecule has 3 aromatic rings. The van der Waals surface area contributed by atoms with Crippen molar-refractivity contribution < 1.29 is 9.59 Å². The van der Waals surface area contributed by atoms with Crippen molar-refractivity contribution in [1.82, 2.24) is 14.7 Å². The van der Waals surface area contributed by atoms with Gasteiger partial charge in [-0.2, -0.15) is 5.10 Å². The summed E-state index contributed by atoms with van der Waals surface area (Å²) in [5.41, 5.74) is 0.774. The molecule has 7 heteroatoms. The molecule has 2 amide bonds. The van der Waals surface area contributed by atoms with Crippen molar-refractivity contribution in [3.63, 3.8) is 0 Å². The van der Waals surface area contributed by atoms with Crippen molar-refractivity contribution in [3.05, 3.63) is 70.6 Å². The van der Waals surface area contributed by atoms with Crippen LogP contribution in [0.2, 0.25) is 0 Å². The molecular formula is C22H24N4O3. The average molecular weight is 392 g/mol. The second-order valence-corrected chi connectivity index (χ2v) is 6.61. The summed E-state index contributed by atoms with van der Waals surface area (Å²) in [6.45, 7) is 4.81. The SMILES string of the molecule is CCN(CC)C(=O)Cc1nn(CC(=O)Nc2ccccc2)c(=O)c2ccccc12. The Kier molecular flexibility index (Phi) is 6.39. The fourth-order valence-corrected chi connectivity index (χ4v) is 3.23. The Labute approximate surface area is 169 Å². The topological polar surface area (TPSA) is 84.3 Å². The summed E-state index contributed by atoms with van der Waals surface area (Å²) in [4.78, 5) is 39.6. The van der Waals surface area contributed by atoms with Crippen LogP contribution in [-0.2, 0) is 22.6 Å². The van der Waals surface area contributed by atoms with Crippen LogP contribution in [-0.4, -0.2) is 39.6 Å². The zero-order valence-electron chi connectivity index (χ0n) is 16.6. The lowest BCUT2D eigenvalue weighted by molar-refractivity contribution is -0.130. The molecule has 0 aliphatic carbocycles. The van der Waals surface area contributed by atoms with Crippen molar-refractivity contribution in [3.8, 4) is 0 Å². The first-order valence-corrected chi connectivity index (χ1v) is 9.64. The standard InChI is InChI=1S/C22H24N4O3/c1-3-25(4-2)21(28)14-19-17-12-8-9-13-18(17)22(29)26(24-19)15-20(27)23-16-10-6-5-7-11-16/h5-13H,3-4,14-15H2,1-2H3,(H,23,27). The van der Waals surface area contributed by atoms with Crippen LogP contribution in [0.25, 0.3) is 10.8 Å². The molecule has 0 atom stereocenters. The number of aromatic nitrogens is 2. The normalized spacial score (nSPS) is 10.7. The van der Waals surface area contributed by atoms with Crippen LogP contribution in [0.1, 0.15) is 19.5 Å². The van der Waals surface area contributed by atoms with Crippen LogP contribution in [0, 0.1) is 0 Å². The number of nitrogens with one attached hydrogen (secondary N) is 1. The van der Waals surface area contributed by atoms with Gasteiger partial charge in [-0.05, 0) is 32.0 Å².